The normalized spacial score (nSPS) is 17.3. The summed E-state index contributed by atoms with van der Waals surface area (Å²) in [5.41, 5.74) is 0. The quantitative estimate of drug-likeness (QED) is 0.801. The van der Waals surface area contributed by atoms with Crippen LogP contribution in [0.4, 0.5) is 0 Å². The van der Waals surface area contributed by atoms with E-state index in [9.17, 15) is 13.2 Å². The number of amides is 1. The molecule has 0 saturated heterocycles. The summed E-state index contributed by atoms with van der Waals surface area (Å²) in [6.07, 6.45) is 5.24. The van der Waals surface area contributed by atoms with E-state index in [4.69, 9.17) is 16.3 Å². The molecule has 0 radical (unpaired) electrons. The predicted octanol–water partition coefficient (Wildman–Crippen LogP) is 2.46. The Labute approximate surface area is 148 Å². The van der Waals surface area contributed by atoms with Crippen molar-refractivity contribution < 1.29 is 17.9 Å². The molecule has 1 aliphatic rings. The van der Waals surface area contributed by atoms with Crippen molar-refractivity contribution in [3.63, 3.8) is 0 Å². The molecule has 1 aromatic carbocycles. The van der Waals surface area contributed by atoms with E-state index in [1.807, 2.05) is 0 Å². The van der Waals surface area contributed by atoms with Crippen LogP contribution in [0.25, 0.3) is 0 Å². The van der Waals surface area contributed by atoms with E-state index < -0.39 is 16.1 Å². The van der Waals surface area contributed by atoms with Crippen LogP contribution in [0.15, 0.2) is 23.1 Å². The van der Waals surface area contributed by atoms with Crippen LogP contribution in [0.3, 0.4) is 0 Å². The molecule has 1 atom stereocenters. The van der Waals surface area contributed by atoms with Crippen LogP contribution in [0.5, 0.6) is 5.75 Å². The van der Waals surface area contributed by atoms with Crippen LogP contribution in [-0.4, -0.2) is 33.5 Å². The van der Waals surface area contributed by atoms with Gasteiger partial charge in [0.15, 0.2) is 0 Å². The van der Waals surface area contributed by atoms with Crippen LogP contribution < -0.4 is 14.8 Å². The second-order valence-corrected chi connectivity index (χ2v) is 8.10. The zero-order valence-electron chi connectivity index (χ0n) is 13.8. The van der Waals surface area contributed by atoms with E-state index in [2.05, 4.69) is 10.0 Å². The number of hydrogen-bond donors (Lipinski definition) is 2. The van der Waals surface area contributed by atoms with Crippen molar-refractivity contribution in [1.29, 1.82) is 0 Å². The molecule has 134 valence electrons. The van der Waals surface area contributed by atoms with Gasteiger partial charge in [-0.1, -0.05) is 30.9 Å². The summed E-state index contributed by atoms with van der Waals surface area (Å²) < 4.78 is 32.5. The third kappa shape index (κ3) is 4.84. The third-order valence-electron chi connectivity index (χ3n) is 4.09. The number of sulfonamides is 1. The highest BCUT2D eigenvalue weighted by Crippen LogP contribution is 2.27. The summed E-state index contributed by atoms with van der Waals surface area (Å²) in [5, 5.41) is 3.18. The number of methoxy groups -OCH3 is 1. The maximum Gasteiger partial charge on any atom is 0.245 e. The standard InChI is InChI=1S/C16H23ClN2O4S/c1-11(16(20)18-13-6-4-3-5-7-13)19-24(21,22)15-10-12(17)8-9-14(15)23-2/h8-11,13,19H,3-7H2,1-2H3,(H,18,20)/t11-/m1/s1. The minimum atomic E-state index is -3.93. The van der Waals surface area contributed by atoms with Crippen LogP contribution in [-0.2, 0) is 14.8 Å². The summed E-state index contributed by atoms with van der Waals surface area (Å²) in [6.45, 7) is 1.52. The number of carbonyl (C=O) groups is 1. The molecule has 2 rings (SSSR count). The number of ether oxygens (including phenoxy) is 1. The largest absolute Gasteiger partial charge is 0.495 e. The number of hydrogen-bond acceptors (Lipinski definition) is 4. The van der Waals surface area contributed by atoms with Gasteiger partial charge in [0.05, 0.1) is 13.2 Å². The van der Waals surface area contributed by atoms with Crippen molar-refractivity contribution in [2.24, 2.45) is 0 Å². The molecule has 1 saturated carbocycles. The third-order valence-corrected chi connectivity index (χ3v) is 5.89. The van der Waals surface area contributed by atoms with Crippen molar-refractivity contribution >= 4 is 27.5 Å². The average Bonchev–Trinajstić information content (AvgIpc) is 2.55. The molecule has 0 bridgehead atoms. The van der Waals surface area contributed by atoms with Gasteiger partial charge in [-0.05, 0) is 38.0 Å². The molecular weight excluding hydrogens is 352 g/mol. The van der Waals surface area contributed by atoms with E-state index in [1.165, 1.54) is 32.6 Å². The first-order valence-corrected chi connectivity index (χ1v) is 9.86. The van der Waals surface area contributed by atoms with Gasteiger partial charge in [0.25, 0.3) is 0 Å². The molecule has 0 aromatic heterocycles. The first-order chi connectivity index (χ1) is 11.3. The van der Waals surface area contributed by atoms with Crippen molar-refractivity contribution in [3.8, 4) is 5.75 Å². The topological polar surface area (TPSA) is 84.5 Å². The van der Waals surface area contributed by atoms with Crippen molar-refractivity contribution in [2.45, 2.75) is 56.0 Å². The number of rotatable bonds is 6. The summed E-state index contributed by atoms with van der Waals surface area (Å²) in [5.74, 6) is -0.154. The summed E-state index contributed by atoms with van der Waals surface area (Å²) in [4.78, 5) is 12.2. The molecule has 1 aliphatic carbocycles. The fourth-order valence-electron chi connectivity index (χ4n) is 2.78. The highest BCUT2D eigenvalue weighted by Gasteiger charge is 2.26. The minimum absolute atomic E-state index is 0.0881. The minimum Gasteiger partial charge on any atom is -0.495 e. The Bertz CT molecular complexity index is 687. The molecule has 0 unspecified atom stereocenters. The lowest BCUT2D eigenvalue weighted by molar-refractivity contribution is -0.123. The van der Waals surface area contributed by atoms with Gasteiger partial charge in [0.2, 0.25) is 15.9 Å². The molecule has 0 spiro atoms. The molecule has 0 heterocycles. The molecule has 8 heteroatoms. The lowest BCUT2D eigenvalue weighted by Crippen LogP contribution is -2.48. The van der Waals surface area contributed by atoms with Gasteiger partial charge in [-0.25, -0.2) is 8.42 Å². The summed E-state index contributed by atoms with van der Waals surface area (Å²) >= 11 is 5.88. The maximum atomic E-state index is 12.5. The van der Waals surface area contributed by atoms with Gasteiger partial charge in [-0.15, -0.1) is 0 Å². The molecule has 1 amide bonds. The van der Waals surface area contributed by atoms with Crippen LogP contribution in [0.2, 0.25) is 5.02 Å². The van der Waals surface area contributed by atoms with Gasteiger partial charge in [0, 0.05) is 11.1 Å². The van der Waals surface area contributed by atoms with E-state index in [0.29, 0.717) is 0 Å². The Hall–Kier alpha value is -1.31. The molecule has 2 N–H and O–H groups in total. The maximum absolute atomic E-state index is 12.5. The van der Waals surface area contributed by atoms with Gasteiger partial charge in [-0.3, -0.25) is 4.79 Å². The van der Waals surface area contributed by atoms with E-state index >= 15 is 0 Å². The number of benzene rings is 1. The highest BCUT2D eigenvalue weighted by molar-refractivity contribution is 7.89. The van der Waals surface area contributed by atoms with E-state index in [1.54, 1.807) is 6.07 Å². The Morgan fingerprint density at radius 3 is 2.58 bits per heavy atom. The molecule has 1 aromatic rings. The predicted molar refractivity (Wildman–Crippen MR) is 92.8 cm³/mol. The fourth-order valence-corrected chi connectivity index (χ4v) is 4.42. The van der Waals surface area contributed by atoms with Crippen molar-refractivity contribution in [3.05, 3.63) is 23.2 Å². The van der Waals surface area contributed by atoms with Gasteiger partial charge < -0.3 is 10.1 Å². The molecule has 24 heavy (non-hydrogen) atoms. The Balaban J connectivity index is 2.07. The second kappa shape index (κ2) is 8.18. The number of nitrogens with one attached hydrogen (secondary N) is 2. The zero-order valence-corrected chi connectivity index (χ0v) is 15.4. The fraction of sp³-hybridized carbons (Fsp3) is 0.562. The van der Waals surface area contributed by atoms with Crippen LogP contribution in [0, 0.1) is 0 Å². The summed E-state index contributed by atoms with van der Waals surface area (Å²) in [7, 11) is -2.55. The van der Waals surface area contributed by atoms with Crippen molar-refractivity contribution in [2.75, 3.05) is 7.11 Å². The lowest BCUT2D eigenvalue weighted by atomic mass is 9.95. The van der Waals surface area contributed by atoms with Gasteiger partial charge >= 0.3 is 0 Å². The number of carbonyl (C=O) groups excluding carboxylic acids is 1. The first-order valence-electron chi connectivity index (χ1n) is 7.99. The van der Waals surface area contributed by atoms with Gasteiger partial charge in [-0.2, -0.15) is 4.72 Å². The zero-order chi connectivity index (χ0) is 17.7. The smallest absolute Gasteiger partial charge is 0.245 e. The first kappa shape index (κ1) is 19.0. The van der Waals surface area contributed by atoms with E-state index in [-0.39, 0.29) is 27.6 Å². The average molecular weight is 375 g/mol. The Morgan fingerprint density at radius 1 is 1.29 bits per heavy atom. The van der Waals surface area contributed by atoms with Crippen LogP contribution >= 0.6 is 11.6 Å². The molecule has 1 fully saturated rings. The Morgan fingerprint density at radius 2 is 1.96 bits per heavy atom. The van der Waals surface area contributed by atoms with Crippen molar-refractivity contribution in [1.82, 2.24) is 10.0 Å². The molecule has 6 nitrogen and oxygen atoms in total. The Kier molecular flexibility index (Phi) is 6.48. The second-order valence-electron chi connectivity index (χ2n) is 5.98. The number of halogens is 1. The SMILES string of the molecule is COc1ccc(Cl)cc1S(=O)(=O)N[C@H](C)C(=O)NC1CCCCC1. The van der Waals surface area contributed by atoms with E-state index in [0.717, 1.165) is 25.7 Å². The van der Waals surface area contributed by atoms with Crippen LogP contribution in [0.1, 0.15) is 39.0 Å². The molecule has 0 aliphatic heterocycles. The highest BCUT2D eigenvalue weighted by atomic mass is 35.5. The van der Waals surface area contributed by atoms with Gasteiger partial charge in [0.1, 0.15) is 10.6 Å². The monoisotopic (exact) mass is 374 g/mol. The lowest BCUT2D eigenvalue weighted by Gasteiger charge is -2.24. The summed E-state index contributed by atoms with van der Waals surface area (Å²) in [6, 6.07) is 3.55. The molecular formula is C16H23ClN2O4S.